The minimum absolute atomic E-state index is 0.244. The molecule has 1 N–H and O–H groups in total. The van der Waals surface area contributed by atoms with Gasteiger partial charge in [-0.1, -0.05) is 24.3 Å². The Balaban J connectivity index is 1.55. The number of nitrogens with one attached hydrogen (secondary N) is 1. The zero-order chi connectivity index (χ0) is 20.1. The predicted molar refractivity (Wildman–Crippen MR) is 104 cm³/mol. The summed E-state index contributed by atoms with van der Waals surface area (Å²) in [5.41, 5.74) is 0.752. The Kier molecular flexibility index (Phi) is 6.28. The van der Waals surface area contributed by atoms with E-state index < -0.39 is 14.9 Å². The fraction of sp³-hybridized carbons (Fsp3) is 0.368. The van der Waals surface area contributed by atoms with Gasteiger partial charge in [-0.15, -0.1) is 0 Å². The fourth-order valence-corrected chi connectivity index (χ4v) is 4.88. The minimum atomic E-state index is -3.88. The van der Waals surface area contributed by atoms with Gasteiger partial charge in [0, 0.05) is 6.07 Å². The number of sulfonamides is 1. The molecule has 0 radical (unpaired) electrons. The summed E-state index contributed by atoms with van der Waals surface area (Å²) in [6.07, 6.45) is 0. The second-order valence-electron chi connectivity index (χ2n) is 6.79. The Bertz CT molecular complexity index is 940. The fourth-order valence-electron chi connectivity index (χ4n) is 3.28. The van der Waals surface area contributed by atoms with Crippen molar-refractivity contribution in [2.45, 2.75) is 11.8 Å². The Labute approximate surface area is 164 Å². The molecule has 0 atom stereocenters. The average molecular weight is 406 g/mol. The van der Waals surface area contributed by atoms with Crippen LogP contribution in [0.5, 0.6) is 5.75 Å². The molecule has 28 heavy (non-hydrogen) atoms. The Hall–Kier alpha value is -2.49. The molecule has 0 bridgehead atoms. The topological polar surface area (TPSA) is 94.2 Å². The van der Waals surface area contributed by atoms with Gasteiger partial charge in [-0.3, -0.25) is 10.1 Å². The van der Waals surface area contributed by atoms with Crippen LogP contribution in [0.1, 0.15) is 5.56 Å². The summed E-state index contributed by atoms with van der Waals surface area (Å²) in [4.78, 5) is 11.5. The molecule has 9 heteroatoms. The van der Waals surface area contributed by atoms with E-state index in [1.54, 1.807) is 0 Å². The van der Waals surface area contributed by atoms with E-state index in [2.05, 4.69) is 0 Å². The highest BCUT2D eigenvalue weighted by molar-refractivity contribution is 7.89. The van der Waals surface area contributed by atoms with Gasteiger partial charge in [0.1, 0.15) is 18.9 Å². The second kappa shape index (κ2) is 8.68. The molecule has 3 rings (SSSR count). The maximum Gasteiger partial charge on any atom is 0.289 e. The van der Waals surface area contributed by atoms with Crippen LogP contribution in [0.15, 0.2) is 53.4 Å². The van der Waals surface area contributed by atoms with Crippen molar-refractivity contribution >= 4 is 15.7 Å². The number of rotatable bonds is 7. The van der Waals surface area contributed by atoms with Crippen LogP contribution in [0, 0.1) is 17.0 Å². The van der Waals surface area contributed by atoms with E-state index in [0.717, 1.165) is 17.9 Å². The van der Waals surface area contributed by atoms with Gasteiger partial charge in [-0.05, 0) is 30.7 Å². The Morgan fingerprint density at radius 1 is 1.14 bits per heavy atom. The van der Waals surface area contributed by atoms with Crippen molar-refractivity contribution < 1.29 is 23.0 Å². The molecule has 2 aromatic rings. The number of nitro benzene ring substituents is 1. The molecule has 0 aliphatic carbocycles. The third kappa shape index (κ3) is 4.67. The summed E-state index contributed by atoms with van der Waals surface area (Å²) >= 11 is 0. The standard InChI is InChI=1S/C19H23N3O5S/c1-16-5-4-6-17(15-16)27-14-13-20-9-11-21(12-10-20)28(25,26)19-8-3-2-7-18(19)22(23)24/h2-8,15H,9-14H2,1H3/p+1. The Morgan fingerprint density at radius 3 is 2.54 bits per heavy atom. The summed E-state index contributed by atoms with van der Waals surface area (Å²) in [7, 11) is -3.88. The largest absolute Gasteiger partial charge is 0.488 e. The second-order valence-corrected chi connectivity index (χ2v) is 8.70. The van der Waals surface area contributed by atoms with Crippen molar-refractivity contribution in [3.05, 3.63) is 64.2 Å². The molecule has 1 aliphatic rings. The summed E-state index contributed by atoms with van der Waals surface area (Å²) in [6, 6.07) is 13.3. The first-order chi connectivity index (χ1) is 13.4. The number of hydrogen-bond donors (Lipinski definition) is 1. The summed E-state index contributed by atoms with van der Waals surface area (Å²) in [5.74, 6) is 0.831. The van der Waals surface area contributed by atoms with E-state index in [1.807, 2.05) is 31.2 Å². The van der Waals surface area contributed by atoms with Gasteiger partial charge >= 0.3 is 0 Å². The number of para-hydroxylation sites is 1. The van der Waals surface area contributed by atoms with Gasteiger partial charge in [-0.2, -0.15) is 4.31 Å². The van der Waals surface area contributed by atoms with Crippen molar-refractivity contribution in [1.29, 1.82) is 0 Å². The average Bonchev–Trinajstić information content (AvgIpc) is 2.68. The van der Waals surface area contributed by atoms with E-state index in [0.29, 0.717) is 32.8 Å². The molecule has 0 saturated carbocycles. The normalized spacial score (nSPS) is 16.0. The molecular formula is C19H24N3O5S+. The van der Waals surface area contributed by atoms with Crippen molar-refractivity contribution in [1.82, 2.24) is 4.31 Å². The number of piperazine rings is 1. The molecule has 1 aliphatic heterocycles. The highest BCUT2D eigenvalue weighted by Gasteiger charge is 2.34. The molecule has 8 nitrogen and oxygen atoms in total. The van der Waals surface area contributed by atoms with Gasteiger partial charge in [0.05, 0.1) is 31.1 Å². The van der Waals surface area contributed by atoms with Gasteiger partial charge in [0.25, 0.3) is 5.69 Å². The maximum atomic E-state index is 12.8. The molecule has 0 amide bonds. The van der Waals surface area contributed by atoms with E-state index in [4.69, 9.17) is 4.74 Å². The predicted octanol–water partition coefficient (Wildman–Crippen LogP) is 0.871. The number of quaternary nitrogens is 1. The Morgan fingerprint density at radius 2 is 1.86 bits per heavy atom. The van der Waals surface area contributed by atoms with Crippen molar-refractivity contribution in [2.24, 2.45) is 0 Å². The van der Waals surface area contributed by atoms with Crippen LogP contribution >= 0.6 is 0 Å². The van der Waals surface area contributed by atoms with E-state index in [1.165, 1.54) is 33.5 Å². The number of aryl methyl sites for hydroxylation is 1. The van der Waals surface area contributed by atoms with Crippen molar-refractivity contribution in [2.75, 3.05) is 39.3 Å². The zero-order valence-corrected chi connectivity index (χ0v) is 16.5. The summed E-state index contributed by atoms with van der Waals surface area (Å²) in [6.45, 7) is 5.26. The van der Waals surface area contributed by atoms with Crippen molar-refractivity contribution in [3.8, 4) is 5.75 Å². The van der Waals surface area contributed by atoms with Crippen LogP contribution in [0.3, 0.4) is 0 Å². The minimum Gasteiger partial charge on any atom is -0.488 e. The molecular weight excluding hydrogens is 382 g/mol. The highest BCUT2D eigenvalue weighted by Crippen LogP contribution is 2.26. The number of benzene rings is 2. The van der Waals surface area contributed by atoms with Crippen LogP contribution in [0.25, 0.3) is 0 Å². The highest BCUT2D eigenvalue weighted by atomic mass is 32.2. The monoisotopic (exact) mass is 406 g/mol. The molecule has 1 fully saturated rings. The summed E-state index contributed by atoms with van der Waals surface area (Å²) in [5, 5.41) is 11.2. The lowest BCUT2D eigenvalue weighted by atomic mass is 10.2. The molecule has 0 unspecified atom stereocenters. The van der Waals surface area contributed by atoms with Crippen LogP contribution in [-0.4, -0.2) is 57.0 Å². The first kappa shape index (κ1) is 20.2. The SMILES string of the molecule is Cc1cccc(OCC[NH+]2CCN(S(=O)(=O)c3ccccc3[N+](=O)[O-])CC2)c1. The first-order valence-corrected chi connectivity index (χ1v) is 10.6. The molecule has 0 spiro atoms. The lowest BCUT2D eigenvalue weighted by Gasteiger charge is -2.31. The van der Waals surface area contributed by atoms with Gasteiger partial charge in [0.15, 0.2) is 4.90 Å². The number of nitro groups is 1. The molecule has 0 aromatic heterocycles. The van der Waals surface area contributed by atoms with Crippen LogP contribution in [0.4, 0.5) is 5.69 Å². The summed E-state index contributed by atoms with van der Waals surface area (Å²) < 4.78 is 32.8. The van der Waals surface area contributed by atoms with Crippen molar-refractivity contribution in [3.63, 3.8) is 0 Å². The molecule has 150 valence electrons. The molecule has 2 aromatic carbocycles. The molecule has 1 heterocycles. The number of nitrogens with zero attached hydrogens (tertiary/aromatic N) is 2. The number of ether oxygens (including phenoxy) is 1. The van der Waals surface area contributed by atoms with E-state index in [-0.39, 0.29) is 10.6 Å². The quantitative estimate of drug-likeness (QED) is 0.544. The van der Waals surface area contributed by atoms with Gasteiger partial charge in [0.2, 0.25) is 10.0 Å². The lowest BCUT2D eigenvalue weighted by Crippen LogP contribution is -3.15. The van der Waals surface area contributed by atoms with Crippen LogP contribution < -0.4 is 9.64 Å². The maximum absolute atomic E-state index is 12.8. The molecule has 1 saturated heterocycles. The van der Waals surface area contributed by atoms with Gasteiger partial charge < -0.3 is 9.64 Å². The third-order valence-corrected chi connectivity index (χ3v) is 6.77. The van der Waals surface area contributed by atoms with Crippen LogP contribution in [-0.2, 0) is 10.0 Å². The van der Waals surface area contributed by atoms with Gasteiger partial charge in [-0.25, -0.2) is 8.42 Å². The third-order valence-electron chi connectivity index (χ3n) is 4.82. The van der Waals surface area contributed by atoms with E-state index >= 15 is 0 Å². The van der Waals surface area contributed by atoms with E-state index in [9.17, 15) is 18.5 Å². The van der Waals surface area contributed by atoms with Crippen LogP contribution in [0.2, 0.25) is 0 Å². The zero-order valence-electron chi connectivity index (χ0n) is 15.7. The lowest BCUT2D eigenvalue weighted by molar-refractivity contribution is -0.903. The first-order valence-electron chi connectivity index (χ1n) is 9.14. The smallest absolute Gasteiger partial charge is 0.289 e. The number of hydrogen-bond acceptors (Lipinski definition) is 5.